The molecule has 5 aliphatic rings. The predicted octanol–water partition coefficient (Wildman–Crippen LogP) is 4.16. The van der Waals surface area contributed by atoms with E-state index in [-0.39, 0.29) is 11.5 Å². The van der Waals surface area contributed by atoms with Crippen LogP contribution in [0.4, 0.5) is 0 Å². The highest BCUT2D eigenvalue weighted by Gasteiger charge is 2.63. The normalized spacial score (nSPS) is 63.1. The molecule has 1 saturated heterocycles. The third kappa shape index (κ3) is 1.69. The number of rotatable bonds is 0. The Hall–Kier alpha value is -0.0800. The zero-order chi connectivity index (χ0) is 15.2. The van der Waals surface area contributed by atoms with Crippen LogP contribution in [-0.4, -0.2) is 23.4 Å². The van der Waals surface area contributed by atoms with E-state index in [2.05, 4.69) is 13.8 Å². The smallest absolute Gasteiger partial charge is 0.0919 e. The molecule has 0 aromatic heterocycles. The molecule has 0 unspecified atom stereocenters. The average molecular weight is 304 g/mol. The van der Waals surface area contributed by atoms with Gasteiger partial charge in [-0.25, -0.2) is 0 Å². The first kappa shape index (κ1) is 14.3. The lowest BCUT2D eigenvalue weighted by Crippen LogP contribution is -2.54. The molecule has 22 heavy (non-hydrogen) atoms. The van der Waals surface area contributed by atoms with E-state index in [4.69, 9.17) is 4.74 Å². The van der Waals surface area contributed by atoms with E-state index in [9.17, 15) is 5.11 Å². The summed E-state index contributed by atoms with van der Waals surface area (Å²) in [4.78, 5) is 0. The molecule has 0 radical (unpaired) electrons. The van der Waals surface area contributed by atoms with Gasteiger partial charge in [0.15, 0.2) is 0 Å². The van der Waals surface area contributed by atoms with E-state index in [1.54, 1.807) is 0 Å². The second kappa shape index (κ2) is 4.30. The van der Waals surface area contributed by atoms with E-state index >= 15 is 0 Å². The molecule has 0 aromatic carbocycles. The molecule has 4 saturated carbocycles. The number of aliphatic hydroxyl groups excluding tert-OH is 1. The van der Waals surface area contributed by atoms with E-state index in [1.807, 2.05) is 0 Å². The summed E-state index contributed by atoms with van der Waals surface area (Å²) in [6.45, 7) is 6.06. The molecule has 1 N–H and O–H groups in total. The standard InChI is InChI=1S/C20H32O2/c1-18-9-10-20(12-22-20)11-13(18)3-4-14-15-5-6-17(21)19(15,2)8-7-16(14)18/h13-17,21H,3-12H2,1-2H3/t13-,14+,15+,16+,17+,18+,19+,20+/m1/s1. The predicted molar refractivity (Wildman–Crippen MR) is 86.4 cm³/mol. The van der Waals surface area contributed by atoms with Crippen LogP contribution in [0.2, 0.25) is 0 Å². The van der Waals surface area contributed by atoms with Crippen LogP contribution in [0.25, 0.3) is 0 Å². The van der Waals surface area contributed by atoms with Crippen molar-refractivity contribution in [3.63, 3.8) is 0 Å². The highest BCUT2D eigenvalue weighted by atomic mass is 16.6. The average Bonchev–Trinajstić information content (AvgIpc) is 3.19. The van der Waals surface area contributed by atoms with Crippen LogP contribution in [0.5, 0.6) is 0 Å². The van der Waals surface area contributed by atoms with Crippen LogP contribution < -0.4 is 0 Å². The largest absolute Gasteiger partial charge is 0.393 e. The highest BCUT2D eigenvalue weighted by molar-refractivity contribution is 5.12. The first-order valence-corrected chi connectivity index (χ1v) is 9.79. The minimum Gasteiger partial charge on any atom is -0.393 e. The van der Waals surface area contributed by atoms with Crippen LogP contribution in [0.1, 0.15) is 71.6 Å². The van der Waals surface area contributed by atoms with Gasteiger partial charge in [-0.2, -0.15) is 0 Å². The summed E-state index contributed by atoms with van der Waals surface area (Å²) in [5, 5.41) is 10.5. The van der Waals surface area contributed by atoms with Crippen molar-refractivity contribution in [3.8, 4) is 0 Å². The lowest BCUT2D eigenvalue weighted by molar-refractivity contribution is -0.128. The van der Waals surface area contributed by atoms with Gasteiger partial charge >= 0.3 is 0 Å². The fourth-order valence-electron chi connectivity index (χ4n) is 7.64. The van der Waals surface area contributed by atoms with Crippen molar-refractivity contribution in [2.45, 2.75) is 83.3 Å². The minimum absolute atomic E-state index is 0.0292. The van der Waals surface area contributed by atoms with Gasteiger partial charge in [0.25, 0.3) is 0 Å². The first-order chi connectivity index (χ1) is 10.5. The molecule has 5 fully saturated rings. The third-order valence-electron chi connectivity index (χ3n) is 9.31. The Kier molecular flexibility index (Phi) is 2.79. The summed E-state index contributed by atoms with van der Waals surface area (Å²) >= 11 is 0. The summed E-state index contributed by atoms with van der Waals surface area (Å²) in [6.07, 6.45) is 11.8. The molecule has 1 spiro atoms. The maximum Gasteiger partial charge on any atom is 0.0919 e. The second-order valence-electron chi connectivity index (χ2n) is 9.97. The fraction of sp³-hybridized carbons (Fsp3) is 1.00. The molecule has 0 aromatic rings. The zero-order valence-electron chi connectivity index (χ0n) is 14.3. The molecule has 124 valence electrons. The molecule has 4 aliphatic carbocycles. The minimum atomic E-state index is -0.0292. The second-order valence-corrected chi connectivity index (χ2v) is 9.97. The third-order valence-corrected chi connectivity index (χ3v) is 9.31. The van der Waals surface area contributed by atoms with Gasteiger partial charge in [0, 0.05) is 0 Å². The van der Waals surface area contributed by atoms with Gasteiger partial charge in [-0.05, 0) is 92.3 Å². The Morgan fingerprint density at radius 1 is 0.864 bits per heavy atom. The molecule has 0 bridgehead atoms. The maximum absolute atomic E-state index is 10.5. The molecule has 5 rings (SSSR count). The number of ether oxygens (including phenoxy) is 1. The number of fused-ring (bicyclic) bond motifs is 5. The lowest BCUT2D eigenvalue weighted by Gasteiger charge is -2.60. The van der Waals surface area contributed by atoms with Gasteiger partial charge in [-0.3, -0.25) is 0 Å². The Morgan fingerprint density at radius 2 is 1.64 bits per heavy atom. The number of hydrogen-bond acceptors (Lipinski definition) is 2. The Balaban J connectivity index is 1.44. The van der Waals surface area contributed by atoms with Crippen molar-refractivity contribution in [2.24, 2.45) is 34.5 Å². The first-order valence-electron chi connectivity index (χ1n) is 9.79. The van der Waals surface area contributed by atoms with Crippen molar-refractivity contribution >= 4 is 0 Å². The van der Waals surface area contributed by atoms with Crippen molar-refractivity contribution < 1.29 is 9.84 Å². The monoisotopic (exact) mass is 304 g/mol. The number of aliphatic hydroxyl groups is 1. The van der Waals surface area contributed by atoms with Gasteiger partial charge in [0.05, 0.1) is 18.3 Å². The van der Waals surface area contributed by atoms with Crippen LogP contribution in [0.15, 0.2) is 0 Å². The molecule has 8 atom stereocenters. The van der Waals surface area contributed by atoms with Crippen LogP contribution >= 0.6 is 0 Å². The van der Waals surface area contributed by atoms with Gasteiger partial charge in [0.2, 0.25) is 0 Å². The summed E-state index contributed by atoms with van der Waals surface area (Å²) in [5.41, 5.74) is 1.12. The van der Waals surface area contributed by atoms with Crippen molar-refractivity contribution in [1.82, 2.24) is 0 Å². The van der Waals surface area contributed by atoms with Gasteiger partial charge < -0.3 is 9.84 Å². The van der Waals surface area contributed by atoms with E-state index in [0.29, 0.717) is 11.0 Å². The van der Waals surface area contributed by atoms with Crippen LogP contribution in [0, 0.1) is 34.5 Å². The fourth-order valence-corrected chi connectivity index (χ4v) is 7.64. The quantitative estimate of drug-likeness (QED) is 0.682. The summed E-state index contributed by atoms with van der Waals surface area (Å²) < 4.78 is 5.83. The molecule has 2 nitrogen and oxygen atoms in total. The summed E-state index contributed by atoms with van der Waals surface area (Å²) in [7, 11) is 0. The Labute approximate surface area is 135 Å². The van der Waals surface area contributed by atoms with Gasteiger partial charge in [0.1, 0.15) is 0 Å². The number of epoxide rings is 1. The molecule has 1 aliphatic heterocycles. The van der Waals surface area contributed by atoms with Crippen LogP contribution in [-0.2, 0) is 4.74 Å². The summed E-state index contributed by atoms with van der Waals surface area (Å²) in [6, 6.07) is 0. The van der Waals surface area contributed by atoms with E-state index < -0.39 is 0 Å². The topological polar surface area (TPSA) is 32.8 Å². The molecule has 0 amide bonds. The van der Waals surface area contributed by atoms with Gasteiger partial charge in [-0.1, -0.05) is 13.8 Å². The Bertz CT molecular complexity index is 484. The lowest BCUT2D eigenvalue weighted by atomic mass is 9.44. The van der Waals surface area contributed by atoms with E-state index in [1.165, 1.54) is 51.4 Å². The SMILES string of the molecule is C[C@]12CC[C@@]3(CO3)C[C@H]1CC[C@@H]1[C@@H]2CC[C@]2(C)[C@@H](O)CC[C@@H]12. The Morgan fingerprint density at radius 3 is 2.41 bits per heavy atom. The molecular weight excluding hydrogens is 272 g/mol. The molecular formula is C20H32O2. The van der Waals surface area contributed by atoms with Crippen molar-refractivity contribution in [3.05, 3.63) is 0 Å². The van der Waals surface area contributed by atoms with Crippen molar-refractivity contribution in [2.75, 3.05) is 6.61 Å². The number of hydrogen-bond donors (Lipinski definition) is 1. The highest BCUT2D eigenvalue weighted by Crippen LogP contribution is 2.67. The van der Waals surface area contributed by atoms with Gasteiger partial charge in [-0.15, -0.1) is 0 Å². The van der Waals surface area contributed by atoms with E-state index in [0.717, 1.165) is 36.7 Å². The van der Waals surface area contributed by atoms with Crippen LogP contribution in [0.3, 0.4) is 0 Å². The summed E-state index contributed by atoms with van der Waals surface area (Å²) in [5.74, 6) is 3.52. The molecule has 1 heterocycles. The zero-order valence-corrected chi connectivity index (χ0v) is 14.3. The molecule has 2 heteroatoms. The maximum atomic E-state index is 10.5. The van der Waals surface area contributed by atoms with Crippen molar-refractivity contribution in [1.29, 1.82) is 0 Å².